The topological polar surface area (TPSA) is 36.4 Å². The molecule has 0 unspecified atom stereocenters. The van der Waals surface area contributed by atoms with Crippen molar-refractivity contribution in [1.29, 1.82) is 0 Å². The number of halogens is 1. The van der Waals surface area contributed by atoms with Crippen LogP contribution in [0.1, 0.15) is 25.0 Å². The number of nitrogens with one attached hydrogen (secondary N) is 2. The molecule has 0 saturated heterocycles. The minimum Gasteiger partial charge on any atom is -0.357 e. The van der Waals surface area contributed by atoms with Gasteiger partial charge < -0.3 is 10.6 Å². The first-order valence-electron chi connectivity index (χ1n) is 5.84. The molecule has 0 aliphatic heterocycles. The van der Waals surface area contributed by atoms with Gasteiger partial charge in [0, 0.05) is 13.1 Å². The van der Waals surface area contributed by atoms with E-state index in [9.17, 15) is 0 Å². The fourth-order valence-electron chi connectivity index (χ4n) is 1.46. The van der Waals surface area contributed by atoms with Crippen LogP contribution in [0.4, 0.5) is 0 Å². The van der Waals surface area contributed by atoms with Crippen LogP contribution in [0, 0.1) is 6.92 Å². The summed E-state index contributed by atoms with van der Waals surface area (Å²) in [6, 6.07) is 8.34. The van der Waals surface area contributed by atoms with Crippen molar-refractivity contribution >= 4 is 29.9 Å². The van der Waals surface area contributed by atoms with Gasteiger partial charge in [-0.05, 0) is 31.9 Å². The Bertz CT molecular complexity index is 342. The summed E-state index contributed by atoms with van der Waals surface area (Å²) in [5.41, 5.74) is 2.56. The van der Waals surface area contributed by atoms with Crippen LogP contribution in [0.25, 0.3) is 0 Å². The molecule has 0 spiro atoms. The summed E-state index contributed by atoms with van der Waals surface area (Å²) in [6.07, 6.45) is 0. The monoisotopic (exact) mass is 347 g/mol. The molecular weight excluding hydrogens is 325 g/mol. The van der Waals surface area contributed by atoms with E-state index in [1.54, 1.807) is 0 Å². The molecule has 0 atom stereocenters. The van der Waals surface area contributed by atoms with Crippen molar-refractivity contribution in [2.45, 2.75) is 27.3 Å². The van der Waals surface area contributed by atoms with E-state index >= 15 is 0 Å². The molecule has 0 amide bonds. The molecular formula is C13H22IN3. The van der Waals surface area contributed by atoms with Crippen molar-refractivity contribution in [1.82, 2.24) is 10.6 Å². The summed E-state index contributed by atoms with van der Waals surface area (Å²) in [6.45, 7) is 8.76. The van der Waals surface area contributed by atoms with Gasteiger partial charge in [-0.25, -0.2) is 4.99 Å². The number of benzene rings is 1. The Morgan fingerprint density at radius 1 is 1.12 bits per heavy atom. The van der Waals surface area contributed by atoms with E-state index in [0.29, 0.717) is 0 Å². The van der Waals surface area contributed by atoms with Gasteiger partial charge in [-0.3, -0.25) is 0 Å². The lowest BCUT2D eigenvalue weighted by Crippen LogP contribution is -2.36. The van der Waals surface area contributed by atoms with Crippen molar-refractivity contribution in [2.24, 2.45) is 4.99 Å². The second-order valence-corrected chi connectivity index (χ2v) is 3.65. The summed E-state index contributed by atoms with van der Waals surface area (Å²) in [4.78, 5) is 4.53. The van der Waals surface area contributed by atoms with E-state index in [-0.39, 0.29) is 24.0 Å². The first-order chi connectivity index (χ1) is 7.77. The van der Waals surface area contributed by atoms with Gasteiger partial charge in [0.2, 0.25) is 0 Å². The summed E-state index contributed by atoms with van der Waals surface area (Å²) >= 11 is 0. The molecule has 17 heavy (non-hydrogen) atoms. The van der Waals surface area contributed by atoms with E-state index in [2.05, 4.69) is 60.7 Å². The summed E-state index contributed by atoms with van der Waals surface area (Å²) in [5, 5.41) is 6.42. The zero-order valence-corrected chi connectivity index (χ0v) is 13.1. The summed E-state index contributed by atoms with van der Waals surface area (Å²) in [5.74, 6) is 0.883. The Balaban J connectivity index is 0.00000256. The van der Waals surface area contributed by atoms with E-state index < -0.39 is 0 Å². The fraction of sp³-hybridized carbons (Fsp3) is 0.462. The van der Waals surface area contributed by atoms with Crippen LogP contribution in [0.15, 0.2) is 29.3 Å². The Morgan fingerprint density at radius 2 is 1.71 bits per heavy atom. The van der Waals surface area contributed by atoms with Gasteiger partial charge in [-0.15, -0.1) is 24.0 Å². The highest BCUT2D eigenvalue weighted by atomic mass is 127. The van der Waals surface area contributed by atoms with Gasteiger partial charge >= 0.3 is 0 Å². The number of aryl methyl sites for hydroxylation is 1. The molecule has 1 aromatic carbocycles. The maximum Gasteiger partial charge on any atom is 0.191 e. The highest BCUT2D eigenvalue weighted by molar-refractivity contribution is 14.0. The van der Waals surface area contributed by atoms with Gasteiger partial charge in [0.05, 0.1) is 6.54 Å². The van der Waals surface area contributed by atoms with Gasteiger partial charge in [0.25, 0.3) is 0 Å². The van der Waals surface area contributed by atoms with Crippen LogP contribution in [0.5, 0.6) is 0 Å². The number of hydrogen-bond donors (Lipinski definition) is 2. The SMILES string of the molecule is CCNC(=NCc1ccccc1C)NCC.I. The lowest BCUT2D eigenvalue weighted by molar-refractivity contribution is 0.838. The average Bonchev–Trinajstić information content (AvgIpc) is 2.28. The molecule has 2 N–H and O–H groups in total. The maximum atomic E-state index is 4.53. The fourth-order valence-corrected chi connectivity index (χ4v) is 1.46. The van der Waals surface area contributed by atoms with Gasteiger partial charge in [0.1, 0.15) is 0 Å². The van der Waals surface area contributed by atoms with Gasteiger partial charge in [-0.2, -0.15) is 0 Å². The number of hydrogen-bond acceptors (Lipinski definition) is 1. The minimum absolute atomic E-state index is 0. The van der Waals surface area contributed by atoms with Crippen molar-refractivity contribution in [2.75, 3.05) is 13.1 Å². The molecule has 96 valence electrons. The molecule has 3 nitrogen and oxygen atoms in total. The summed E-state index contributed by atoms with van der Waals surface area (Å²) < 4.78 is 0. The van der Waals surface area contributed by atoms with Crippen molar-refractivity contribution < 1.29 is 0 Å². The van der Waals surface area contributed by atoms with Crippen molar-refractivity contribution in [3.8, 4) is 0 Å². The Morgan fingerprint density at radius 3 is 2.24 bits per heavy atom. The first-order valence-corrected chi connectivity index (χ1v) is 5.84. The maximum absolute atomic E-state index is 4.53. The molecule has 1 rings (SSSR count). The lowest BCUT2D eigenvalue weighted by Gasteiger charge is -2.09. The predicted molar refractivity (Wildman–Crippen MR) is 85.1 cm³/mol. The summed E-state index contributed by atoms with van der Waals surface area (Å²) in [7, 11) is 0. The third-order valence-corrected chi connectivity index (χ3v) is 2.36. The third-order valence-electron chi connectivity index (χ3n) is 2.36. The van der Waals surface area contributed by atoms with E-state index in [0.717, 1.165) is 25.6 Å². The standard InChI is InChI=1S/C13H21N3.HI/c1-4-14-13(15-5-2)16-10-12-9-7-6-8-11(12)3;/h6-9H,4-5,10H2,1-3H3,(H2,14,15,16);1H. The van der Waals surface area contributed by atoms with Crippen LogP contribution < -0.4 is 10.6 Å². The molecule has 4 heteroatoms. The number of rotatable bonds is 4. The quantitative estimate of drug-likeness (QED) is 0.499. The van der Waals surface area contributed by atoms with Crippen LogP contribution >= 0.6 is 24.0 Å². The molecule has 0 heterocycles. The molecule has 0 aliphatic rings. The Labute approximate surface area is 121 Å². The molecule has 0 bridgehead atoms. The van der Waals surface area contributed by atoms with Gasteiger partial charge in [0.15, 0.2) is 5.96 Å². The van der Waals surface area contributed by atoms with Crippen LogP contribution in [-0.2, 0) is 6.54 Å². The second kappa shape index (κ2) is 9.27. The third kappa shape index (κ3) is 5.91. The first kappa shape index (κ1) is 16.2. The lowest BCUT2D eigenvalue weighted by atomic mass is 10.1. The van der Waals surface area contributed by atoms with E-state index in [4.69, 9.17) is 0 Å². The Kier molecular flexibility index (Phi) is 8.85. The minimum atomic E-state index is 0. The van der Waals surface area contributed by atoms with Crippen LogP contribution in [0.2, 0.25) is 0 Å². The van der Waals surface area contributed by atoms with Crippen molar-refractivity contribution in [3.63, 3.8) is 0 Å². The highest BCUT2D eigenvalue weighted by Crippen LogP contribution is 2.07. The predicted octanol–water partition coefficient (Wildman–Crippen LogP) is 2.69. The smallest absolute Gasteiger partial charge is 0.191 e. The average molecular weight is 347 g/mol. The number of nitrogens with zero attached hydrogens (tertiary/aromatic N) is 1. The highest BCUT2D eigenvalue weighted by Gasteiger charge is 1.97. The van der Waals surface area contributed by atoms with Gasteiger partial charge in [-0.1, -0.05) is 24.3 Å². The molecule has 1 aromatic rings. The number of guanidine groups is 1. The second-order valence-electron chi connectivity index (χ2n) is 3.65. The van der Waals surface area contributed by atoms with Crippen LogP contribution in [0.3, 0.4) is 0 Å². The molecule has 0 fully saturated rings. The molecule has 0 aliphatic carbocycles. The van der Waals surface area contributed by atoms with Crippen molar-refractivity contribution in [3.05, 3.63) is 35.4 Å². The van der Waals surface area contributed by atoms with E-state index in [1.807, 2.05) is 0 Å². The molecule has 0 saturated carbocycles. The zero-order valence-electron chi connectivity index (χ0n) is 10.8. The number of aliphatic imine (C=N–C) groups is 1. The molecule has 0 aromatic heterocycles. The van der Waals surface area contributed by atoms with E-state index in [1.165, 1.54) is 11.1 Å². The zero-order chi connectivity index (χ0) is 11.8. The normalized spacial score (nSPS) is 9.12. The Hall–Kier alpha value is -0.780. The van der Waals surface area contributed by atoms with Crippen LogP contribution in [-0.4, -0.2) is 19.0 Å². The molecule has 0 radical (unpaired) electrons. The largest absolute Gasteiger partial charge is 0.357 e.